The Morgan fingerprint density at radius 2 is 1.06 bits per heavy atom. The van der Waals surface area contributed by atoms with Crippen LogP contribution in [0.4, 0.5) is 57.0 Å². The lowest BCUT2D eigenvalue weighted by atomic mass is 9.87. The summed E-state index contributed by atoms with van der Waals surface area (Å²) in [6.45, 7) is 2.39. The molecule has 2 aliphatic heterocycles. The van der Waals surface area contributed by atoms with E-state index in [4.69, 9.17) is 21.4 Å². The maximum atomic E-state index is 9.38. The molecule has 0 aliphatic carbocycles. The zero-order valence-corrected chi connectivity index (χ0v) is 43.3. The van der Waals surface area contributed by atoms with E-state index in [2.05, 4.69) is 68.1 Å². The van der Waals surface area contributed by atoms with Crippen molar-refractivity contribution in [3.63, 3.8) is 0 Å². The molecule has 0 spiro atoms. The highest BCUT2D eigenvalue weighted by atomic mass is 15.4. The summed E-state index contributed by atoms with van der Waals surface area (Å²) >= 11 is 0. The van der Waals surface area contributed by atoms with E-state index in [0.717, 1.165) is 39.2 Å². The number of anilines is 10. The number of aromatic nitrogens is 1. The molecule has 10 aromatic carbocycles. The minimum absolute atomic E-state index is 0.0282. The van der Waals surface area contributed by atoms with E-state index >= 15 is 0 Å². The molecular weight excluding hydrogens is 947 g/mol. The van der Waals surface area contributed by atoms with Crippen molar-refractivity contribution in [2.45, 2.75) is 46.8 Å². The number of para-hydroxylation sites is 4. The van der Waals surface area contributed by atoms with Crippen LogP contribution < -0.4 is 19.6 Å². The van der Waals surface area contributed by atoms with E-state index in [1.807, 2.05) is 112 Å². The number of fused-ring (bicyclic) bond motifs is 6. The van der Waals surface area contributed by atoms with Crippen molar-refractivity contribution in [3.8, 4) is 55.6 Å². The molecule has 0 saturated heterocycles. The van der Waals surface area contributed by atoms with Crippen molar-refractivity contribution in [1.82, 2.24) is 4.98 Å². The lowest BCUT2D eigenvalue weighted by Crippen LogP contribution is -2.25. The summed E-state index contributed by atoms with van der Waals surface area (Å²) in [5.41, 5.74) is 9.90. The Morgan fingerprint density at radius 3 is 1.71 bits per heavy atom. The Morgan fingerprint density at radius 1 is 0.474 bits per heavy atom. The zero-order chi connectivity index (χ0) is 66.8. The molecule has 78 heavy (non-hydrogen) atoms. The van der Waals surface area contributed by atoms with Crippen LogP contribution in [0.1, 0.15) is 65.0 Å². The number of benzene rings is 10. The maximum absolute atomic E-state index is 9.38. The van der Waals surface area contributed by atoms with Crippen molar-refractivity contribution >= 4 is 57.0 Å². The van der Waals surface area contributed by atoms with Gasteiger partial charge in [0.1, 0.15) is 12.5 Å². The number of nitrogens with zero attached hydrogens (tertiary/aromatic N) is 5. The number of rotatable bonds is 9. The van der Waals surface area contributed by atoms with Gasteiger partial charge in [0.25, 0.3) is 0 Å². The fourth-order valence-electron chi connectivity index (χ4n) is 11.1. The summed E-state index contributed by atoms with van der Waals surface area (Å²) in [6, 6.07) is 51.0. The van der Waals surface area contributed by atoms with Crippen molar-refractivity contribution in [3.05, 3.63) is 271 Å². The molecule has 5 nitrogen and oxygen atoms in total. The minimum Gasteiger partial charge on any atom is -0.321 e. The van der Waals surface area contributed by atoms with E-state index < -0.39 is 74.1 Å². The van der Waals surface area contributed by atoms with Crippen molar-refractivity contribution < 1.29 is 21.9 Å². The first-order chi connectivity index (χ1) is 44.6. The summed E-state index contributed by atoms with van der Waals surface area (Å²) in [5, 5.41) is 0. The normalized spacial score (nSPS) is 15.9. The van der Waals surface area contributed by atoms with E-state index in [9.17, 15) is 5.48 Å². The molecule has 0 fully saturated rings. The molecule has 5 heteroatoms. The second-order valence-corrected chi connectivity index (χ2v) is 20.6. The summed E-state index contributed by atoms with van der Waals surface area (Å²) < 4.78 is 144. The molecular formula is C73H61N5. The smallest absolute Gasteiger partial charge is 0.137 e. The highest BCUT2D eigenvalue weighted by molar-refractivity contribution is 6.04. The Labute approximate surface area is 482 Å². The first-order valence-electron chi connectivity index (χ1n) is 33.8. The van der Waals surface area contributed by atoms with Gasteiger partial charge in [-0.1, -0.05) is 178 Å². The van der Waals surface area contributed by atoms with Gasteiger partial charge in [-0.2, -0.15) is 0 Å². The van der Waals surface area contributed by atoms with Gasteiger partial charge >= 0.3 is 0 Å². The van der Waals surface area contributed by atoms with E-state index in [-0.39, 0.29) is 62.3 Å². The van der Waals surface area contributed by atoms with Crippen molar-refractivity contribution in [2.75, 3.05) is 26.3 Å². The average molecular weight is 1020 g/mol. The Hall–Kier alpha value is -9.45. The van der Waals surface area contributed by atoms with Crippen LogP contribution in [0.25, 0.3) is 55.6 Å². The molecule has 3 heterocycles. The summed E-state index contributed by atoms with van der Waals surface area (Å²) in [4.78, 5) is 13.0. The Kier molecular flexibility index (Phi) is 8.43. The lowest BCUT2D eigenvalue weighted by Gasteiger charge is -2.32. The zero-order valence-electron chi connectivity index (χ0n) is 59.3. The fourth-order valence-corrected chi connectivity index (χ4v) is 11.1. The van der Waals surface area contributed by atoms with Gasteiger partial charge in [-0.3, -0.25) is 4.90 Å². The highest BCUT2D eigenvalue weighted by Crippen LogP contribution is 2.55. The largest absolute Gasteiger partial charge is 0.321 e. The molecule has 0 bridgehead atoms. The number of hydrogen-bond acceptors (Lipinski definition) is 5. The molecule has 11 aromatic rings. The average Bonchev–Trinajstić information content (AvgIpc) is 1.42. The fraction of sp³-hybridized carbons (Fsp3) is 0.110. The molecule has 2 aliphatic rings. The molecule has 0 saturated carbocycles. The predicted octanol–water partition coefficient (Wildman–Crippen LogP) is 20.1. The minimum atomic E-state index is -2.82. The van der Waals surface area contributed by atoms with Crippen LogP contribution in [0, 0.1) is 20.6 Å². The van der Waals surface area contributed by atoms with Gasteiger partial charge in [0, 0.05) is 59.4 Å². The third-order valence-corrected chi connectivity index (χ3v) is 14.6. The van der Waals surface area contributed by atoms with Crippen LogP contribution >= 0.6 is 0 Å². The molecule has 0 N–H and O–H groups in total. The van der Waals surface area contributed by atoms with Gasteiger partial charge < -0.3 is 14.7 Å². The first-order valence-corrected chi connectivity index (χ1v) is 25.8. The third kappa shape index (κ3) is 8.58. The molecule has 378 valence electrons. The van der Waals surface area contributed by atoms with Crippen LogP contribution in [0.5, 0.6) is 0 Å². The SMILES string of the molecule is [2H]c1c([2H])c([2H])c(-c2cc(C)cc(-c3c([2H])c([2H])c([2H])c([2H])c3[2H])c2N2CN(c3cc(-c4c(C([2H])([2H])[2H])cccc4C([2H])([2H])[2H])cc(N(c4ccccc4)c4ccc5c(c4)N(c4cc(C(C)(C)C)ccn4)c4ccccc4-c4ccccc4-5)c3)c3ccccc32)c([2H])c1[2H]. The standard InChI is InChI=1S/C73H61N5/c1-49-41-64(52-25-10-7-11-26-52)72(65(42-49)53-27-12-8-13-28-53)76-48-75(67-35-20-21-36-68(67)76)58-43-54(71-50(2)23-22-24-51(71)3)44-59(46-58)77(56-29-14-9-15-30-56)57-37-38-63-61-32-17-16-31-60(61)62-33-18-19-34-66(62)78(69(63)47-57)70-45-55(39-40-74-70)73(4,5)6/h7-47H,48H2,1-6H3/i2D3,3D3,7D,8D,10D,11D,12D,13D,25D,26D,27D,28D. The molecule has 0 amide bonds. The molecule has 1 aromatic heterocycles. The van der Waals surface area contributed by atoms with Gasteiger partial charge in [-0.25, -0.2) is 4.98 Å². The van der Waals surface area contributed by atoms with Crippen LogP contribution in [-0.4, -0.2) is 11.7 Å². The number of aryl methyl sites for hydroxylation is 3. The lowest BCUT2D eigenvalue weighted by molar-refractivity contribution is 0.589. The second kappa shape index (κ2) is 19.6. The molecule has 0 atom stereocenters. The summed E-state index contributed by atoms with van der Waals surface area (Å²) in [5.74, 6) is 0.676. The van der Waals surface area contributed by atoms with Crippen LogP contribution in [0.15, 0.2) is 249 Å². The van der Waals surface area contributed by atoms with Gasteiger partial charge in [0.2, 0.25) is 0 Å². The van der Waals surface area contributed by atoms with Crippen molar-refractivity contribution in [1.29, 1.82) is 0 Å². The van der Waals surface area contributed by atoms with E-state index in [1.54, 1.807) is 37.3 Å². The maximum Gasteiger partial charge on any atom is 0.137 e. The van der Waals surface area contributed by atoms with E-state index in [1.165, 1.54) is 18.2 Å². The Bertz CT molecular complexity index is 4720. The Balaban J connectivity index is 1.11. The van der Waals surface area contributed by atoms with Crippen molar-refractivity contribution in [2.24, 2.45) is 0 Å². The number of pyridine rings is 1. The number of hydrogen-bond donors (Lipinski definition) is 0. The molecule has 0 radical (unpaired) electrons. The third-order valence-electron chi connectivity index (χ3n) is 14.6. The van der Waals surface area contributed by atoms with Crippen LogP contribution in [-0.2, 0) is 5.41 Å². The predicted molar refractivity (Wildman–Crippen MR) is 329 cm³/mol. The molecule has 0 unspecified atom stereocenters. The first kappa shape index (κ1) is 33.6. The van der Waals surface area contributed by atoms with Gasteiger partial charge in [0.15, 0.2) is 0 Å². The second-order valence-electron chi connectivity index (χ2n) is 20.6. The molecule has 13 rings (SSSR count). The van der Waals surface area contributed by atoms with Crippen LogP contribution in [0.2, 0.25) is 0 Å². The highest BCUT2D eigenvalue weighted by Gasteiger charge is 2.34. The quantitative estimate of drug-likeness (QED) is 0.144. The van der Waals surface area contributed by atoms with E-state index in [0.29, 0.717) is 45.5 Å². The van der Waals surface area contributed by atoms with Gasteiger partial charge in [-0.15, -0.1) is 0 Å². The van der Waals surface area contributed by atoms with Crippen LogP contribution in [0.3, 0.4) is 0 Å². The monoisotopic (exact) mass is 1020 g/mol. The van der Waals surface area contributed by atoms with Gasteiger partial charge in [0.05, 0.1) is 42.1 Å². The van der Waals surface area contributed by atoms with Gasteiger partial charge in [-0.05, 0) is 167 Å². The summed E-state index contributed by atoms with van der Waals surface area (Å²) in [7, 11) is 0. The summed E-state index contributed by atoms with van der Waals surface area (Å²) in [6.07, 6.45) is 1.83. The topological polar surface area (TPSA) is 25.9 Å².